The molecule has 1 aliphatic rings. The van der Waals surface area contributed by atoms with Crippen LogP contribution in [0.5, 0.6) is 0 Å². The molecule has 1 saturated heterocycles. The van der Waals surface area contributed by atoms with Crippen LogP contribution in [-0.2, 0) is 30.3 Å². The quantitative estimate of drug-likeness (QED) is 0.679. The fourth-order valence-electron chi connectivity index (χ4n) is 3.15. The minimum atomic E-state index is -0.620. The van der Waals surface area contributed by atoms with Crippen molar-refractivity contribution in [3.63, 3.8) is 0 Å². The molecule has 1 aliphatic heterocycles. The van der Waals surface area contributed by atoms with E-state index >= 15 is 0 Å². The zero-order valence-corrected chi connectivity index (χ0v) is 18.4. The van der Waals surface area contributed by atoms with Gasteiger partial charge in [-0.05, 0) is 44.9 Å². The van der Waals surface area contributed by atoms with Gasteiger partial charge in [0.25, 0.3) is 5.91 Å². The van der Waals surface area contributed by atoms with E-state index in [1.807, 2.05) is 45.0 Å². The molecule has 8 heteroatoms. The maximum atomic E-state index is 12.4. The molecule has 0 aromatic heterocycles. The van der Waals surface area contributed by atoms with E-state index in [0.717, 1.165) is 12.1 Å². The summed E-state index contributed by atoms with van der Waals surface area (Å²) in [6.45, 7) is 7.22. The fraction of sp³-hybridized carbons (Fsp3) is 0.545. The number of anilines is 1. The average Bonchev–Trinajstić information content (AvgIpc) is 3.06. The average molecular weight is 418 g/mol. The Morgan fingerprint density at radius 2 is 1.83 bits per heavy atom. The number of carbonyl (C=O) groups excluding carboxylic acids is 4. The summed E-state index contributed by atoms with van der Waals surface area (Å²) in [6, 6.07) is 7.65. The van der Waals surface area contributed by atoms with E-state index in [1.54, 1.807) is 4.90 Å². The van der Waals surface area contributed by atoms with Crippen molar-refractivity contribution in [2.75, 3.05) is 31.6 Å². The molecule has 1 aromatic carbocycles. The first-order chi connectivity index (χ1) is 14.0. The molecule has 1 atom stereocenters. The molecule has 1 aromatic rings. The first kappa shape index (κ1) is 23.4. The number of ether oxygens (including phenoxy) is 1. The van der Waals surface area contributed by atoms with Crippen molar-refractivity contribution >= 4 is 29.4 Å². The van der Waals surface area contributed by atoms with Crippen LogP contribution in [0.2, 0.25) is 0 Å². The second-order valence-electron chi connectivity index (χ2n) is 8.58. The summed E-state index contributed by atoms with van der Waals surface area (Å²) in [5.74, 6) is -2.13. The van der Waals surface area contributed by atoms with Gasteiger partial charge >= 0.3 is 5.97 Å². The van der Waals surface area contributed by atoms with Gasteiger partial charge in [-0.15, -0.1) is 0 Å². The lowest BCUT2D eigenvalue weighted by Crippen LogP contribution is -2.47. The van der Waals surface area contributed by atoms with Gasteiger partial charge in [-0.25, -0.2) is 0 Å². The third kappa shape index (κ3) is 6.57. The van der Waals surface area contributed by atoms with Crippen LogP contribution in [0, 0.1) is 5.92 Å². The molecule has 30 heavy (non-hydrogen) atoms. The second-order valence-corrected chi connectivity index (χ2v) is 8.58. The summed E-state index contributed by atoms with van der Waals surface area (Å²) < 4.78 is 5.12. The first-order valence-electron chi connectivity index (χ1n) is 10.1. The highest BCUT2D eigenvalue weighted by Gasteiger charge is 2.36. The summed E-state index contributed by atoms with van der Waals surface area (Å²) in [5, 5.41) is 2.76. The molecule has 164 valence electrons. The van der Waals surface area contributed by atoms with Crippen LogP contribution in [0.15, 0.2) is 24.3 Å². The predicted molar refractivity (Wildman–Crippen MR) is 113 cm³/mol. The lowest BCUT2D eigenvalue weighted by molar-refractivity contribution is -0.155. The van der Waals surface area contributed by atoms with E-state index < -0.39 is 29.9 Å². The Hall–Kier alpha value is -2.90. The van der Waals surface area contributed by atoms with Crippen LogP contribution < -0.4 is 10.2 Å². The van der Waals surface area contributed by atoms with Crippen LogP contribution in [0.4, 0.5) is 5.69 Å². The summed E-state index contributed by atoms with van der Waals surface area (Å²) >= 11 is 0. The van der Waals surface area contributed by atoms with E-state index in [0.29, 0.717) is 0 Å². The molecule has 1 N–H and O–H groups in total. The number of likely N-dealkylation sites (N-methyl/N-ethyl adjacent to an activating group) is 1. The molecule has 0 radical (unpaired) electrons. The number of aryl methyl sites for hydroxylation is 1. The molecule has 0 saturated carbocycles. The molecule has 0 bridgehead atoms. The monoisotopic (exact) mass is 417 g/mol. The Balaban J connectivity index is 1.83. The van der Waals surface area contributed by atoms with Gasteiger partial charge in [0.2, 0.25) is 11.8 Å². The molecule has 3 amide bonds. The number of hydrogen-bond donors (Lipinski definition) is 1. The van der Waals surface area contributed by atoms with Crippen molar-refractivity contribution in [3.05, 3.63) is 29.8 Å². The maximum absolute atomic E-state index is 12.4. The summed E-state index contributed by atoms with van der Waals surface area (Å²) in [4.78, 5) is 51.5. The third-order valence-corrected chi connectivity index (χ3v) is 4.77. The highest BCUT2D eigenvalue weighted by atomic mass is 16.5. The predicted octanol–water partition coefficient (Wildman–Crippen LogP) is 1.52. The van der Waals surface area contributed by atoms with Crippen molar-refractivity contribution in [2.24, 2.45) is 5.92 Å². The molecule has 0 spiro atoms. The first-order valence-corrected chi connectivity index (χ1v) is 10.1. The molecular formula is C22H31N3O5. The van der Waals surface area contributed by atoms with Crippen molar-refractivity contribution in [3.8, 4) is 0 Å². The number of esters is 1. The highest BCUT2D eigenvalue weighted by Crippen LogP contribution is 2.26. The molecule has 2 rings (SSSR count). The second kappa shape index (κ2) is 9.73. The molecule has 1 fully saturated rings. The van der Waals surface area contributed by atoms with Crippen molar-refractivity contribution in [1.82, 2.24) is 10.2 Å². The van der Waals surface area contributed by atoms with Gasteiger partial charge in [0.05, 0.1) is 12.5 Å². The third-order valence-electron chi connectivity index (χ3n) is 4.77. The Bertz CT molecular complexity index is 798. The van der Waals surface area contributed by atoms with Gasteiger partial charge in [-0.3, -0.25) is 19.2 Å². The molecule has 0 aliphatic carbocycles. The standard InChI is InChI=1S/C22H31N3O5/c1-6-15-7-9-17(10-8-15)25-12-16(11-19(25)27)21(29)30-14-20(28)24(5)13-18(26)23-22(2,3)4/h7-10,16H,6,11-14H2,1-5H3,(H,23,26). The van der Waals surface area contributed by atoms with E-state index in [2.05, 4.69) is 12.2 Å². The Morgan fingerprint density at radius 3 is 2.40 bits per heavy atom. The number of nitrogens with zero attached hydrogens (tertiary/aromatic N) is 2. The fourth-order valence-corrected chi connectivity index (χ4v) is 3.15. The van der Waals surface area contributed by atoms with Crippen molar-refractivity contribution < 1.29 is 23.9 Å². The van der Waals surface area contributed by atoms with Gasteiger partial charge in [-0.1, -0.05) is 19.1 Å². The van der Waals surface area contributed by atoms with Crippen LogP contribution in [0.25, 0.3) is 0 Å². The molecule has 1 unspecified atom stereocenters. The van der Waals surface area contributed by atoms with Crippen molar-refractivity contribution in [1.29, 1.82) is 0 Å². The van der Waals surface area contributed by atoms with E-state index in [-0.39, 0.29) is 31.3 Å². The minimum Gasteiger partial charge on any atom is -0.455 e. The Labute approximate surface area is 177 Å². The zero-order chi connectivity index (χ0) is 22.5. The zero-order valence-electron chi connectivity index (χ0n) is 18.4. The summed E-state index contributed by atoms with van der Waals surface area (Å²) in [7, 11) is 1.47. The number of rotatable bonds is 7. The van der Waals surface area contributed by atoms with Gasteiger partial charge in [0.15, 0.2) is 6.61 Å². The smallest absolute Gasteiger partial charge is 0.311 e. The summed E-state index contributed by atoms with van der Waals surface area (Å²) in [6.07, 6.45) is 0.954. The summed E-state index contributed by atoms with van der Waals surface area (Å²) in [5.41, 5.74) is 1.51. The SMILES string of the molecule is CCc1ccc(N2CC(C(=O)OCC(=O)N(C)CC(=O)NC(C)(C)C)CC2=O)cc1. The van der Waals surface area contributed by atoms with E-state index in [1.165, 1.54) is 17.5 Å². The molecule has 8 nitrogen and oxygen atoms in total. The van der Waals surface area contributed by atoms with Crippen LogP contribution >= 0.6 is 0 Å². The lowest BCUT2D eigenvalue weighted by atomic mass is 10.1. The van der Waals surface area contributed by atoms with Crippen molar-refractivity contribution in [2.45, 2.75) is 46.1 Å². The number of amides is 3. The van der Waals surface area contributed by atoms with Crippen LogP contribution in [-0.4, -0.2) is 60.9 Å². The van der Waals surface area contributed by atoms with Crippen LogP contribution in [0.3, 0.4) is 0 Å². The van der Waals surface area contributed by atoms with E-state index in [9.17, 15) is 19.2 Å². The maximum Gasteiger partial charge on any atom is 0.311 e. The number of hydrogen-bond acceptors (Lipinski definition) is 5. The largest absolute Gasteiger partial charge is 0.455 e. The Kier molecular flexibility index (Phi) is 7.59. The number of nitrogens with one attached hydrogen (secondary N) is 1. The normalized spacial score (nSPS) is 16.4. The Morgan fingerprint density at radius 1 is 1.20 bits per heavy atom. The van der Waals surface area contributed by atoms with Gasteiger partial charge in [0.1, 0.15) is 0 Å². The number of carbonyl (C=O) groups is 4. The van der Waals surface area contributed by atoms with E-state index in [4.69, 9.17) is 4.74 Å². The lowest BCUT2D eigenvalue weighted by Gasteiger charge is -2.23. The van der Waals surface area contributed by atoms with Gasteiger partial charge in [-0.2, -0.15) is 0 Å². The van der Waals surface area contributed by atoms with Gasteiger partial charge in [0, 0.05) is 31.2 Å². The molecular weight excluding hydrogens is 386 g/mol. The minimum absolute atomic E-state index is 0.0480. The molecule has 1 heterocycles. The highest BCUT2D eigenvalue weighted by molar-refractivity contribution is 5.99. The van der Waals surface area contributed by atoms with Gasteiger partial charge < -0.3 is 19.9 Å². The number of benzene rings is 1. The topological polar surface area (TPSA) is 96.0 Å². The van der Waals surface area contributed by atoms with Crippen LogP contribution in [0.1, 0.15) is 39.7 Å².